The number of hydrogen-bond acceptors (Lipinski definition) is 3. The highest BCUT2D eigenvalue weighted by Gasteiger charge is 2.32. The van der Waals surface area contributed by atoms with Gasteiger partial charge in [-0.25, -0.2) is 0 Å². The van der Waals surface area contributed by atoms with Crippen LogP contribution < -0.4 is 10.1 Å². The van der Waals surface area contributed by atoms with Crippen LogP contribution in [-0.4, -0.2) is 29.9 Å². The molecule has 2 N–H and O–H groups in total. The first kappa shape index (κ1) is 13.9. The van der Waals surface area contributed by atoms with Crippen LogP contribution in [0.15, 0.2) is 24.3 Å². The zero-order valence-corrected chi connectivity index (χ0v) is 12.3. The Hall–Kier alpha value is -1.06. The van der Waals surface area contributed by atoms with Gasteiger partial charge < -0.3 is 15.2 Å². The van der Waals surface area contributed by atoms with E-state index in [1.165, 1.54) is 12.0 Å². The van der Waals surface area contributed by atoms with E-state index in [-0.39, 0.29) is 6.10 Å². The summed E-state index contributed by atoms with van der Waals surface area (Å²) in [4.78, 5) is 0. The lowest BCUT2D eigenvalue weighted by Gasteiger charge is -2.36. The third kappa shape index (κ3) is 3.15. The molecule has 20 heavy (non-hydrogen) atoms. The van der Waals surface area contributed by atoms with Gasteiger partial charge in [0.05, 0.1) is 5.60 Å². The second-order valence-electron chi connectivity index (χ2n) is 6.61. The molecule has 0 radical (unpaired) electrons. The molecule has 0 spiro atoms. The molecule has 1 fully saturated rings. The van der Waals surface area contributed by atoms with Crippen LogP contribution in [0.3, 0.4) is 0 Å². The molecular weight excluding hydrogens is 250 g/mol. The SMILES string of the molecule is CC1CCCC(O)(CNCC2Cc3ccccc3O2)C1. The lowest BCUT2D eigenvalue weighted by molar-refractivity contribution is -0.0128. The molecule has 3 atom stereocenters. The average Bonchev–Trinajstić information content (AvgIpc) is 2.80. The average molecular weight is 275 g/mol. The van der Waals surface area contributed by atoms with Gasteiger partial charge in [-0.3, -0.25) is 0 Å². The Bertz CT molecular complexity index is 437. The molecule has 0 bridgehead atoms. The number of hydrogen-bond donors (Lipinski definition) is 2. The van der Waals surface area contributed by atoms with Crippen LogP contribution in [0.25, 0.3) is 0 Å². The van der Waals surface area contributed by atoms with Crippen LogP contribution >= 0.6 is 0 Å². The van der Waals surface area contributed by atoms with E-state index in [4.69, 9.17) is 4.74 Å². The molecule has 3 unspecified atom stereocenters. The minimum atomic E-state index is -0.511. The van der Waals surface area contributed by atoms with E-state index in [0.29, 0.717) is 12.5 Å². The maximum atomic E-state index is 10.6. The molecule has 1 aromatic carbocycles. The van der Waals surface area contributed by atoms with Gasteiger partial charge in [-0.05, 0) is 30.4 Å². The van der Waals surface area contributed by atoms with Crippen molar-refractivity contribution in [1.82, 2.24) is 5.32 Å². The first-order valence-corrected chi connectivity index (χ1v) is 7.82. The van der Waals surface area contributed by atoms with Gasteiger partial charge in [0.15, 0.2) is 0 Å². The number of benzene rings is 1. The first-order chi connectivity index (χ1) is 9.65. The van der Waals surface area contributed by atoms with Crippen LogP contribution in [0, 0.1) is 5.92 Å². The molecule has 2 aliphatic rings. The van der Waals surface area contributed by atoms with Gasteiger partial charge in [-0.15, -0.1) is 0 Å². The van der Waals surface area contributed by atoms with Crippen LogP contribution in [0.5, 0.6) is 5.75 Å². The number of rotatable bonds is 4. The van der Waals surface area contributed by atoms with Crippen molar-refractivity contribution in [1.29, 1.82) is 0 Å². The van der Waals surface area contributed by atoms with Crippen molar-refractivity contribution >= 4 is 0 Å². The van der Waals surface area contributed by atoms with Crippen molar-refractivity contribution in [2.45, 2.75) is 50.7 Å². The fraction of sp³-hybridized carbons (Fsp3) is 0.647. The molecule has 3 nitrogen and oxygen atoms in total. The van der Waals surface area contributed by atoms with E-state index >= 15 is 0 Å². The monoisotopic (exact) mass is 275 g/mol. The molecule has 3 heteroatoms. The molecule has 3 rings (SSSR count). The molecular formula is C17H25NO2. The molecule has 0 saturated heterocycles. The highest BCUT2D eigenvalue weighted by Crippen LogP contribution is 2.32. The van der Waals surface area contributed by atoms with E-state index in [1.54, 1.807) is 0 Å². The van der Waals surface area contributed by atoms with E-state index in [1.807, 2.05) is 12.1 Å². The van der Waals surface area contributed by atoms with Crippen molar-refractivity contribution < 1.29 is 9.84 Å². The summed E-state index contributed by atoms with van der Waals surface area (Å²) >= 11 is 0. The summed E-state index contributed by atoms with van der Waals surface area (Å²) in [5.74, 6) is 1.66. The fourth-order valence-electron chi connectivity index (χ4n) is 3.63. The summed E-state index contributed by atoms with van der Waals surface area (Å²) in [7, 11) is 0. The first-order valence-electron chi connectivity index (χ1n) is 7.82. The van der Waals surface area contributed by atoms with Crippen molar-refractivity contribution in [3.8, 4) is 5.75 Å². The van der Waals surface area contributed by atoms with Crippen molar-refractivity contribution in [3.63, 3.8) is 0 Å². The lowest BCUT2D eigenvalue weighted by atomic mass is 9.79. The largest absolute Gasteiger partial charge is 0.488 e. The summed E-state index contributed by atoms with van der Waals surface area (Å²) in [5, 5.41) is 14.0. The van der Waals surface area contributed by atoms with Gasteiger partial charge in [0, 0.05) is 19.5 Å². The second-order valence-corrected chi connectivity index (χ2v) is 6.61. The summed E-state index contributed by atoms with van der Waals surface area (Å²) in [6, 6.07) is 8.24. The topological polar surface area (TPSA) is 41.5 Å². The number of fused-ring (bicyclic) bond motifs is 1. The predicted molar refractivity (Wildman–Crippen MR) is 80.0 cm³/mol. The molecule has 1 saturated carbocycles. The fourth-order valence-corrected chi connectivity index (χ4v) is 3.63. The summed E-state index contributed by atoms with van der Waals surface area (Å²) < 4.78 is 5.91. The quantitative estimate of drug-likeness (QED) is 0.887. The summed E-state index contributed by atoms with van der Waals surface area (Å²) in [6.07, 6.45) is 5.42. The highest BCUT2D eigenvalue weighted by atomic mass is 16.5. The van der Waals surface area contributed by atoms with Crippen LogP contribution in [-0.2, 0) is 6.42 Å². The van der Waals surface area contributed by atoms with Gasteiger partial charge in [-0.2, -0.15) is 0 Å². The smallest absolute Gasteiger partial charge is 0.123 e. The van der Waals surface area contributed by atoms with Gasteiger partial charge in [0.25, 0.3) is 0 Å². The van der Waals surface area contributed by atoms with Gasteiger partial charge in [0.2, 0.25) is 0 Å². The van der Waals surface area contributed by atoms with Crippen molar-refractivity contribution in [3.05, 3.63) is 29.8 Å². The summed E-state index contributed by atoms with van der Waals surface area (Å²) in [5.41, 5.74) is 0.785. The van der Waals surface area contributed by atoms with E-state index < -0.39 is 5.60 Å². The third-order valence-electron chi connectivity index (χ3n) is 4.61. The standard InChI is InChI=1S/C17H25NO2/c1-13-5-4-8-17(19,10-13)12-18-11-15-9-14-6-2-3-7-16(14)20-15/h2-3,6-7,13,15,18-19H,4-5,8-12H2,1H3. The van der Waals surface area contributed by atoms with Gasteiger partial charge in [0.1, 0.15) is 11.9 Å². The minimum Gasteiger partial charge on any atom is -0.488 e. The Morgan fingerprint density at radius 3 is 3.05 bits per heavy atom. The maximum absolute atomic E-state index is 10.6. The zero-order valence-electron chi connectivity index (χ0n) is 12.3. The minimum absolute atomic E-state index is 0.206. The molecule has 0 aromatic heterocycles. The Morgan fingerprint density at radius 2 is 2.25 bits per heavy atom. The van der Waals surface area contributed by atoms with Gasteiger partial charge in [-0.1, -0.05) is 38.0 Å². The maximum Gasteiger partial charge on any atom is 0.123 e. The number of nitrogens with one attached hydrogen (secondary N) is 1. The Morgan fingerprint density at radius 1 is 1.40 bits per heavy atom. The number of para-hydroxylation sites is 1. The second kappa shape index (κ2) is 5.74. The van der Waals surface area contributed by atoms with Crippen molar-refractivity contribution in [2.75, 3.05) is 13.1 Å². The third-order valence-corrected chi connectivity index (χ3v) is 4.61. The number of ether oxygens (including phenoxy) is 1. The van der Waals surface area contributed by atoms with Crippen LogP contribution in [0.2, 0.25) is 0 Å². The van der Waals surface area contributed by atoms with Crippen LogP contribution in [0.1, 0.15) is 38.2 Å². The van der Waals surface area contributed by atoms with Gasteiger partial charge >= 0.3 is 0 Å². The summed E-state index contributed by atoms with van der Waals surface area (Å²) in [6.45, 7) is 3.74. The molecule has 1 heterocycles. The van der Waals surface area contributed by atoms with E-state index in [2.05, 4.69) is 24.4 Å². The van der Waals surface area contributed by atoms with Crippen LogP contribution in [0.4, 0.5) is 0 Å². The molecule has 110 valence electrons. The Balaban J connectivity index is 1.45. The number of aliphatic hydroxyl groups is 1. The van der Waals surface area contributed by atoms with E-state index in [0.717, 1.165) is 38.0 Å². The lowest BCUT2D eigenvalue weighted by Crippen LogP contribution is -2.46. The Labute approximate surface area is 121 Å². The molecule has 1 aliphatic heterocycles. The predicted octanol–water partition coefficient (Wildman–Crippen LogP) is 2.52. The molecule has 1 aliphatic carbocycles. The molecule has 1 aromatic rings. The van der Waals surface area contributed by atoms with Crippen molar-refractivity contribution in [2.24, 2.45) is 5.92 Å². The highest BCUT2D eigenvalue weighted by molar-refractivity contribution is 5.37. The Kier molecular flexibility index (Phi) is 3.99. The normalized spacial score (nSPS) is 32.7. The molecule has 0 amide bonds. The zero-order chi connectivity index (χ0) is 14.0. The van der Waals surface area contributed by atoms with E-state index in [9.17, 15) is 5.11 Å².